The molecular formula is C14H18S. The Bertz CT molecular complexity index is 440. The molecule has 0 spiro atoms. The van der Waals surface area contributed by atoms with Crippen molar-refractivity contribution in [2.75, 3.05) is 0 Å². The van der Waals surface area contributed by atoms with Crippen LogP contribution in [-0.4, -0.2) is 0 Å². The lowest BCUT2D eigenvalue weighted by Gasteiger charge is -2.01. The smallest absolute Gasteiger partial charge is 0.0348 e. The molecule has 0 unspecified atom stereocenters. The fourth-order valence-corrected chi connectivity index (χ4v) is 3.46. The van der Waals surface area contributed by atoms with E-state index in [1.807, 2.05) is 11.3 Å². The van der Waals surface area contributed by atoms with Crippen molar-refractivity contribution in [1.82, 2.24) is 0 Å². The molecule has 0 saturated carbocycles. The lowest BCUT2D eigenvalue weighted by Crippen LogP contribution is -1.87. The first kappa shape index (κ1) is 10.7. The Balaban J connectivity index is 2.53. The van der Waals surface area contributed by atoms with Crippen molar-refractivity contribution in [1.29, 1.82) is 0 Å². The SMILES string of the molecule is CCCc1sc2ccccc2c1CCC. The van der Waals surface area contributed by atoms with Gasteiger partial charge in [-0.15, -0.1) is 11.3 Å². The lowest BCUT2D eigenvalue weighted by molar-refractivity contribution is 0.883. The standard InChI is InChI=1S/C14H18S/c1-3-7-11-12-9-5-6-10-14(12)15-13(11)8-4-2/h5-6,9-10H,3-4,7-8H2,1-2H3. The highest BCUT2D eigenvalue weighted by molar-refractivity contribution is 7.19. The monoisotopic (exact) mass is 218 g/mol. The number of benzene rings is 1. The Kier molecular flexibility index (Phi) is 3.42. The van der Waals surface area contributed by atoms with E-state index in [1.165, 1.54) is 35.8 Å². The van der Waals surface area contributed by atoms with Crippen molar-refractivity contribution in [3.8, 4) is 0 Å². The summed E-state index contributed by atoms with van der Waals surface area (Å²) in [6.45, 7) is 4.53. The molecule has 0 aliphatic rings. The Labute approximate surface area is 95.9 Å². The Morgan fingerprint density at radius 1 is 1.00 bits per heavy atom. The average Bonchev–Trinajstić information content (AvgIpc) is 2.59. The Morgan fingerprint density at radius 2 is 1.73 bits per heavy atom. The van der Waals surface area contributed by atoms with Crippen LogP contribution in [0.3, 0.4) is 0 Å². The zero-order valence-electron chi connectivity index (χ0n) is 9.55. The van der Waals surface area contributed by atoms with E-state index in [2.05, 4.69) is 38.1 Å². The number of rotatable bonds is 4. The van der Waals surface area contributed by atoms with E-state index in [0.29, 0.717) is 0 Å². The van der Waals surface area contributed by atoms with Gasteiger partial charge in [0.05, 0.1) is 0 Å². The molecule has 0 saturated heterocycles. The summed E-state index contributed by atoms with van der Waals surface area (Å²) in [5, 5.41) is 1.49. The van der Waals surface area contributed by atoms with Gasteiger partial charge in [-0.25, -0.2) is 0 Å². The van der Waals surface area contributed by atoms with Gasteiger partial charge in [-0.2, -0.15) is 0 Å². The van der Waals surface area contributed by atoms with Gasteiger partial charge in [0.2, 0.25) is 0 Å². The molecule has 0 aliphatic carbocycles. The van der Waals surface area contributed by atoms with Gasteiger partial charge in [-0.3, -0.25) is 0 Å². The highest BCUT2D eigenvalue weighted by Crippen LogP contribution is 2.32. The van der Waals surface area contributed by atoms with E-state index in [9.17, 15) is 0 Å². The zero-order valence-corrected chi connectivity index (χ0v) is 10.4. The number of fused-ring (bicyclic) bond motifs is 1. The second-order valence-electron chi connectivity index (χ2n) is 4.00. The van der Waals surface area contributed by atoms with Crippen molar-refractivity contribution >= 4 is 21.4 Å². The van der Waals surface area contributed by atoms with Gasteiger partial charge in [-0.1, -0.05) is 44.9 Å². The molecule has 80 valence electrons. The summed E-state index contributed by atoms with van der Waals surface area (Å²) in [5.41, 5.74) is 1.61. The molecule has 0 fully saturated rings. The maximum absolute atomic E-state index is 2.27. The summed E-state index contributed by atoms with van der Waals surface area (Å²) < 4.78 is 1.46. The molecule has 1 aromatic carbocycles. The highest BCUT2D eigenvalue weighted by Gasteiger charge is 2.09. The van der Waals surface area contributed by atoms with Crippen LogP contribution in [0.25, 0.3) is 10.1 Å². The van der Waals surface area contributed by atoms with Crippen molar-refractivity contribution < 1.29 is 0 Å². The van der Waals surface area contributed by atoms with E-state index in [4.69, 9.17) is 0 Å². The summed E-state index contributed by atoms with van der Waals surface area (Å²) >= 11 is 1.99. The number of aryl methyl sites for hydroxylation is 2. The number of hydrogen-bond donors (Lipinski definition) is 0. The number of hydrogen-bond acceptors (Lipinski definition) is 1. The van der Waals surface area contributed by atoms with E-state index in [0.717, 1.165) is 0 Å². The third-order valence-electron chi connectivity index (χ3n) is 2.76. The van der Waals surface area contributed by atoms with Crippen LogP contribution in [0.4, 0.5) is 0 Å². The predicted molar refractivity (Wildman–Crippen MR) is 69.8 cm³/mol. The van der Waals surface area contributed by atoms with Crippen molar-refractivity contribution in [3.63, 3.8) is 0 Å². The van der Waals surface area contributed by atoms with Gasteiger partial charge in [0.1, 0.15) is 0 Å². The first-order valence-corrected chi connectivity index (χ1v) is 6.67. The molecule has 0 atom stereocenters. The largest absolute Gasteiger partial charge is 0.140 e. The number of thiophene rings is 1. The summed E-state index contributed by atoms with van der Waals surface area (Å²) in [7, 11) is 0. The molecule has 1 heteroatoms. The molecule has 0 amide bonds. The summed E-state index contributed by atoms with van der Waals surface area (Å²) in [5.74, 6) is 0. The van der Waals surface area contributed by atoms with E-state index >= 15 is 0 Å². The second kappa shape index (κ2) is 4.80. The maximum atomic E-state index is 2.27. The van der Waals surface area contributed by atoms with Gasteiger partial charge >= 0.3 is 0 Å². The Morgan fingerprint density at radius 3 is 2.47 bits per heavy atom. The highest BCUT2D eigenvalue weighted by atomic mass is 32.1. The first-order chi connectivity index (χ1) is 7.36. The molecule has 0 bridgehead atoms. The molecule has 2 aromatic rings. The predicted octanol–water partition coefficient (Wildman–Crippen LogP) is 4.81. The second-order valence-corrected chi connectivity index (χ2v) is 5.14. The van der Waals surface area contributed by atoms with Crippen LogP contribution in [-0.2, 0) is 12.8 Å². The van der Waals surface area contributed by atoms with Gasteiger partial charge in [0.25, 0.3) is 0 Å². The topological polar surface area (TPSA) is 0 Å². The molecule has 0 nitrogen and oxygen atoms in total. The quantitative estimate of drug-likeness (QED) is 0.691. The zero-order chi connectivity index (χ0) is 10.7. The third kappa shape index (κ3) is 2.07. The van der Waals surface area contributed by atoms with Crippen LogP contribution in [0.1, 0.15) is 37.1 Å². The van der Waals surface area contributed by atoms with E-state index in [-0.39, 0.29) is 0 Å². The van der Waals surface area contributed by atoms with Gasteiger partial charge in [-0.05, 0) is 29.9 Å². The molecule has 2 rings (SSSR count). The molecule has 0 aliphatic heterocycles. The lowest BCUT2D eigenvalue weighted by atomic mass is 10.0. The van der Waals surface area contributed by atoms with Crippen LogP contribution in [0.15, 0.2) is 24.3 Å². The summed E-state index contributed by atoms with van der Waals surface area (Å²) in [6, 6.07) is 8.82. The minimum Gasteiger partial charge on any atom is -0.140 e. The minimum atomic E-state index is 1.24. The van der Waals surface area contributed by atoms with Gasteiger partial charge in [0, 0.05) is 9.58 Å². The molecular weight excluding hydrogens is 200 g/mol. The van der Waals surface area contributed by atoms with Crippen LogP contribution in [0.2, 0.25) is 0 Å². The minimum absolute atomic E-state index is 1.24. The normalized spacial score (nSPS) is 11.1. The van der Waals surface area contributed by atoms with Crippen molar-refractivity contribution in [3.05, 3.63) is 34.7 Å². The van der Waals surface area contributed by atoms with Crippen molar-refractivity contribution in [2.24, 2.45) is 0 Å². The molecule has 0 N–H and O–H groups in total. The van der Waals surface area contributed by atoms with E-state index in [1.54, 1.807) is 10.4 Å². The summed E-state index contributed by atoms with van der Waals surface area (Å²) in [6.07, 6.45) is 4.98. The molecule has 1 aromatic heterocycles. The third-order valence-corrected chi connectivity index (χ3v) is 4.03. The molecule has 0 radical (unpaired) electrons. The average molecular weight is 218 g/mol. The Hall–Kier alpha value is -0.820. The molecule has 1 heterocycles. The van der Waals surface area contributed by atoms with Crippen LogP contribution < -0.4 is 0 Å². The van der Waals surface area contributed by atoms with E-state index < -0.39 is 0 Å². The van der Waals surface area contributed by atoms with Crippen LogP contribution in [0.5, 0.6) is 0 Å². The van der Waals surface area contributed by atoms with Gasteiger partial charge < -0.3 is 0 Å². The van der Waals surface area contributed by atoms with Crippen LogP contribution in [0, 0.1) is 0 Å². The van der Waals surface area contributed by atoms with Crippen LogP contribution >= 0.6 is 11.3 Å². The summed E-state index contributed by atoms with van der Waals surface area (Å²) in [4.78, 5) is 1.61. The maximum Gasteiger partial charge on any atom is 0.0348 e. The van der Waals surface area contributed by atoms with Crippen molar-refractivity contribution in [2.45, 2.75) is 39.5 Å². The fourth-order valence-electron chi connectivity index (χ4n) is 2.10. The first-order valence-electron chi connectivity index (χ1n) is 5.86. The van der Waals surface area contributed by atoms with Gasteiger partial charge in [0.15, 0.2) is 0 Å². The fraction of sp³-hybridized carbons (Fsp3) is 0.429. The molecule has 15 heavy (non-hydrogen) atoms.